The fourth-order valence-electron chi connectivity index (χ4n) is 1.69. The van der Waals surface area contributed by atoms with Crippen molar-refractivity contribution in [2.24, 2.45) is 0 Å². The molecule has 0 aliphatic heterocycles. The van der Waals surface area contributed by atoms with E-state index in [1.807, 2.05) is 29.2 Å². The molecule has 18 heavy (non-hydrogen) atoms. The molecule has 98 valence electrons. The second kappa shape index (κ2) is 7.50. The van der Waals surface area contributed by atoms with Crippen LogP contribution in [0, 0.1) is 0 Å². The highest BCUT2D eigenvalue weighted by Crippen LogP contribution is 2.11. The molecule has 4 heteroatoms. The van der Waals surface area contributed by atoms with Crippen LogP contribution in [0.15, 0.2) is 36.9 Å². The van der Waals surface area contributed by atoms with Crippen molar-refractivity contribution in [1.82, 2.24) is 4.90 Å². The number of aliphatic carboxylic acids is 1. The van der Waals surface area contributed by atoms with Crippen LogP contribution >= 0.6 is 0 Å². The SMILES string of the molecule is C=CCN(CCc1ccc(OC)cc1)CC(=O)O. The summed E-state index contributed by atoms with van der Waals surface area (Å²) in [5.74, 6) is 0.0128. The van der Waals surface area contributed by atoms with E-state index in [4.69, 9.17) is 9.84 Å². The van der Waals surface area contributed by atoms with E-state index in [1.54, 1.807) is 13.2 Å². The smallest absolute Gasteiger partial charge is 0.317 e. The number of ether oxygens (including phenoxy) is 1. The molecule has 1 aromatic rings. The number of hydrogen-bond acceptors (Lipinski definition) is 3. The Morgan fingerprint density at radius 2 is 2.11 bits per heavy atom. The summed E-state index contributed by atoms with van der Waals surface area (Å²) in [6, 6.07) is 7.80. The van der Waals surface area contributed by atoms with E-state index in [2.05, 4.69) is 6.58 Å². The van der Waals surface area contributed by atoms with Gasteiger partial charge in [-0.05, 0) is 24.1 Å². The van der Waals surface area contributed by atoms with Gasteiger partial charge in [0.1, 0.15) is 5.75 Å². The monoisotopic (exact) mass is 249 g/mol. The van der Waals surface area contributed by atoms with E-state index in [0.717, 1.165) is 17.7 Å². The molecule has 0 unspecified atom stereocenters. The first-order valence-electron chi connectivity index (χ1n) is 5.83. The lowest BCUT2D eigenvalue weighted by atomic mass is 10.1. The summed E-state index contributed by atoms with van der Waals surface area (Å²) >= 11 is 0. The Balaban J connectivity index is 2.49. The molecule has 1 aromatic carbocycles. The molecule has 0 bridgehead atoms. The minimum Gasteiger partial charge on any atom is -0.497 e. The van der Waals surface area contributed by atoms with Gasteiger partial charge in [0.05, 0.1) is 13.7 Å². The molecule has 4 nitrogen and oxygen atoms in total. The number of nitrogens with zero attached hydrogens (tertiary/aromatic N) is 1. The van der Waals surface area contributed by atoms with Gasteiger partial charge in [-0.25, -0.2) is 0 Å². The molecule has 0 spiro atoms. The number of benzene rings is 1. The molecule has 1 rings (SSSR count). The van der Waals surface area contributed by atoms with Crippen LogP contribution in [-0.2, 0) is 11.2 Å². The van der Waals surface area contributed by atoms with Crippen LogP contribution in [0.4, 0.5) is 0 Å². The lowest BCUT2D eigenvalue weighted by molar-refractivity contribution is -0.138. The van der Waals surface area contributed by atoms with Crippen molar-refractivity contribution in [2.75, 3.05) is 26.7 Å². The molecule has 0 heterocycles. The van der Waals surface area contributed by atoms with Crippen molar-refractivity contribution in [3.05, 3.63) is 42.5 Å². The van der Waals surface area contributed by atoms with E-state index >= 15 is 0 Å². The summed E-state index contributed by atoms with van der Waals surface area (Å²) in [6.07, 6.45) is 2.53. The highest BCUT2D eigenvalue weighted by Gasteiger charge is 2.07. The number of carboxylic acid groups (broad SMARTS) is 1. The third-order valence-electron chi connectivity index (χ3n) is 2.62. The number of hydrogen-bond donors (Lipinski definition) is 1. The van der Waals surface area contributed by atoms with Gasteiger partial charge in [-0.1, -0.05) is 18.2 Å². The zero-order chi connectivity index (χ0) is 13.4. The molecule has 0 fully saturated rings. The Morgan fingerprint density at radius 3 is 2.61 bits per heavy atom. The summed E-state index contributed by atoms with van der Waals surface area (Å²) in [5.41, 5.74) is 1.16. The van der Waals surface area contributed by atoms with Crippen molar-refractivity contribution in [2.45, 2.75) is 6.42 Å². The summed E-state index contributed by atoms with van der Waals surface area (Å²) in [5, 5.41) is 8.78. The van der Waals surface area contributed by atoms with E-state index in [9.17, 15) is 4.79 Å². The lowest BCUT2D eigenvalue weighted by Gasteiger charge is -2.18. The maximum Gasteiger partial charge on any atom is 0.317 e. The summed E-state index contributed by atoms with van der Waals surface area (Å²) < 4.78 is 5.08. The van der Waals surface area contributed by atoms with E-state index < -0.39 is 5.97 Å². The van der Waals surface area contributed by atoms with Crippen molar-refractivity contribution < 1.29 is 14.6 Å². The number of rotatable bonds is 8. The topological polar surface area (TPSA) is 49.8 Å². The zero-order valence-corrected chi connectivity index (χ0v) is 10.6. The van der Waals surface area contributed by atoms with Crippen LogP contribution in [0.5, 0.6) is 5.75 Å². The molecule has 0 saturated carbocycles. The average molecular weight is 249 g/mol. The predicted molar refractivity (Wildman–Crippen MR) is 71.0 cm³/mol. The Morgan fingerprint density at radius 1 is 1.44 bits per heavy atom. The molecule has 0 saturated heterocycles. The normalized spacial score (nSPS) is 10.3. The van der Waals surface area contributed by atoms with Gasteiger partial charge < -0.3 is 9.84 Å². The van der Waals surface area contributed by atoms with Crippen molar-refractivity contribution >= 4 is 5.97 Å². The summed E-state index contributed by atoms with van der Waals surface area (Å²) in [7, 11) is 1.63. The molecule has 0 aromatic heterocycles. The first kappa shape index (κ1) is 14.3. The molecule has 0 radical (unpaired) electrons. The fourth-order valence-corrected chi connectivity index (χ4v) is 1.69. The maximum atomic E-state index is 10.7. The molecular weight excluding hydrogens is 230 g/mol. The minimum atomic E-state index is -0.813. The Kier molecular flexibility index (Phi) is 5.94. The van der Waals surface area contributed by atoms with Crippen LogP contribution in [-0.4, -0.2) is 42.7 Å². The van der Waals surface area contributed by atoms with Crippen LogP contribution in [0.2, 0.25) is 0 Å². The zero-order valence-electron chi connectivity index (χ0n) is 10.6. The molecule has 0 aliphatic rings. The first-order valence-corrected chi connectivity index (χ1v) is 5.83. The molecule has 0 aliphatic carbocycles. The standard InChI is InChI=1S/C14H19NO3/c1-3-9-15(11-14(16)17)10-8-12-4-6-13(18-2)7-5-12/h3-7H,1,8-11H2,2H3,(H,16,17). The molecule has 1 N–H and O–H groups in total. The van der Waals surface area contributed by atoms with Gasteiger partial charge >= 0.3 is 5.97 Å². The van der Waals surface area contributed by atoms with Crippen molar-refractivity contribution in [1.29, 1.82) is 0 Å². The van der Waals surface area contributed by atoms with Crippen LogP contribution in [0.1, 0.15) is 5.56 Å². The number of carbonyl (C=O) groups is 1. The highest BCUT2D eigenvalue weighted by molar-refractivity contribution is 5.69. The Bertz CT molecular complexity index is 387. The first-order chi connectivity index (χ1) is 8.65. The van der Waals surface area contributed by atoms with Crippen LogP contribution in [0.3, 0.4) is 0 Å². The highest BCUT2D eigenvalue weighted by atomic mass is 16.5. The van der Waals surface area contributed by atoms with Crippen LogP contribution in [0.25, 0.3) is 0 Å². The molecule has 0 amide bonds. The van der Waals surface area contributed by atoms with Gasteiger partial charge in [0.2, 0.25) is 0 Å². The van der Waals surface area contributed by atoms with Gasteiger partial charge in [-0.15, -0.1) is 6.58 Å². The van der Waals surface area contributed by atoms with Gasteiger partial charge in [0, 0.05) is 13.1 Å². The maximum absolute atomic E-state index is 10.7. The van der Waals surface area contributed by atoms with Crippen molar-refractivity contribution in [3.8, 4) is 5.75 Å². The van der Waals surface area contributed by atoms with Crippen molar-refractivity contribution in [3.63, 3.8) is 0 Å². The largest absolute Gasteiger partial charge is 0.497 e. The van der Waals surface area contributed by atoms with E-state index in [-0.39, 0.29) is 6.54 Å². The van der Waals surface area contributed by atoms with Gasteiger partial charge in [-0.2, -0.15) is 0 Å². The third-order valence-corrected chi connectivity index (χ3v) is 2.62. The van der Waals surface area contributed by atoms with Crippen LogP contribution < -0.4 is 4.74 Å². The Hall–Kier alpha value is -1.81. The number of carboxylic acids is 1. The quantitative estimate of drug-likeness (QED) is 0.714. The molecule has 0 atom stereocenters. The minimum absolute atomic E-state index is 0.0438. The average Bonchev–Trinajstić information content (AvgIpc) is 2.36. The number of methoxy groups -OCH3 is 1. The van der Waals surface area contributed by atoms with Gasteiger partial charge in [0.15, 0.2) is 0 Å². The molecular formula is C14H19NO3. The second-order valence-corrected chi connectivity index (χ2v) is 4.02. The Labute approximate surface area is 107 Å². The predicted octanol–water partition coefficient (Wildman–Crippen LogP) is 1.81. The third kappa shape index (κ3) is 5.01. The summed E-state index contributed by atoms with van der Waals surface area (Å²) in [6.45, 7) is 4.96. The van der Waals surface area contributed by atoms with Gasteiger partial charge in [-0.3, -0.25) is 9.69 Å². The lowest BCUT2D eigenvalue weighted by Crippen LogP contribution is -2.31. The second-order valence-electron chi connectivity index (χ2n) is 4.02. The van der Waals surface area contributed by atoms with Gasteiger partial charge in [0.25, 0.3) is 0 Å². The fraction of sp³-hybridized carbons (Fsp3) is 0.357. The van der Waals surface area contributed by atoms with E-state index in [0.29, 0.717) is 13.1 Å². The van der Waals surface area contributed by atoms with E-state index in [1.165, 1.54) is 0 Å². The summed E-state index contributed by atoms with van der Waals surface area (Å²) in [4.78, 5) is 12.5.